The van der Waals surface area contributed by atoms with Gasteiger partial charge in [0.2, 0.25) is 11.8 Å². The molecule has 3 N–H and O–H groups in total. The van der Waals surface area contributed by atoms with Gasteiger partial charge in [0.1, 0.15) is 6.04 Å². The standard InChI is InChI=1S/C9H15N3O3/c1-3-5(10)8(14)11-6-4-7(13)12(2)9(6)15/h5-6H,3-4,10H2,1-2H3,(H,11,14)/t5-,6?/m1/s1. The Kier molecular flexibility index (Phi) is 3.41. The van der Waals surface area contributed by atoms with E-state index in [1.54, 1.807) is 6.92 Å². The van der Waals surface area contributed by atoms with Gasteiger partial charge < -0.3 is 11.1 Å². The van der Waals surface area contributed by atoms with Crippen LogP contribution in [0.4, 0.5) is 0 Å². The molecule has 6 nitrogen and oxygen atoms in total. The number of rotatable bonds is 3. The first kappa shape index (κ1) is 11.6. The number of imide groups is 1. The largest absolute Gasteiger partial charge is 0.342 e. The van der Waals surface area contributed by atoms with Gasteiger partial charge in [-0.3, -0.25) is 19.3 Å². The highest BCUT2D eigenvalue weighted by Crippen LogP contribution is 2.10. The number of carbonyl (C=O) groups excluding carboxylic acids is 3. The van der Waals surface area contributed by atoms with Crippen molar-refractivity contribution in [2.45, 2.75) is 31.8 Å². The summed E-state index contributed by atoms with van der Waals surface area (Å²) in [5.74, 6) is -1.05. The Bertz CT molecular complexity index is 303. The zero-order valence-corrected chi connectivity index (χ0v) is 8.82. The van der Waals surface area contributed by atoms with E-state index >= 15 is 0 Å². The van der Waals surface area contributed by atoms with Crippen molar-refractivity contribution in [2.24, 2.45) is 5.73 Å². The summed E-state index contributed by atoms with van der Waals surface area (Å²) in [6.45, 7) is 1.78. The number of amides is 3. The Morgan fingerprint density at radius 3 is 2.67 bits per heavy atom. The molecule has 0 radical (unpaired) electrons. The van der Waals surface area contributed by atoms with Gasteiger partial charge in [-0.25, -0.2) is 0 Å². The molecule has 1 unspecified atom stereocenters. The van der Waals surface area contributed by atoms with Gasteiger partial charge in [-0.1, -0.05) is 6.92 Å². The zero-order valence-electron chi connectivity index (χ0n) is 8.82. The smallest absolute Gasteiger partial charge is 0.252 e. The highest BCUT2D eigenvalue weighted by molar-refractivity contribution is 6.06. The van der Waals surface area contributed by atoms with Crippen LogP contribution in [-0.2, 0) is 14.4 Å². The van der Waals surface area contributed by atoms with Crippen molar-refractivity contribution in [3.63, 3.8) is 0 Å². The molecular weight excluding hydrogens is 198 g/mol. The minimum Gasteiger partial charge on any atom is -0.342 e. The fourth-order valence-electron chi connectivity index (χ4n) is 1.33. The van der Waals surface area contributed by atoms with E-state index in [1.807, 2.05) is 0 Å². The Hall–Kier alpha value is -1.43. The summed E-state index contributed by atoms with van der Waals surface area (Å²) >= 11 is 0. The lowest BCUT2D eigenvalue weighted by Crippen LogP contribution is -2.47. The van der Waals surface area contributed by atoms with Crippen LogP contribution in [0.2, 0.25) is 0 Å². The highest BCUT2D eigenvalue weighted by Gasteiger charge is 2.37. The maximum atomic E-state index is 11.4. The van der Waals surface area contributed by atoms with E-state index in [2.05, 4.69) is 5.32 Å². The number of likely N-dealkylation sites (N-methyl/N-ethyl adjacent to an activating group) is 1. The van der Waals surface area contributed by atoms with Crippen LogP contribution in [0, 0.1) is 0 Å². The maximum absolute atomic E-state index is 11.4. The quantitative estimate of drug-likeness (QED) is 0.564. The molecule has 1 heterocycles. The Morgan fingerprint density at radius 2 is 2.27 bits per heavy atom. The van der Waals surface area contributed by atoms with Gasteiger partial charge in [-0.15, -0.1) is 0 Å². The van der Waals surface area contributed by atoms with Crippen molar-refractivity contribution in [3.8, 4) is 0 Å². The lowest BCUT2D eigenvalue weighted by Gasteiger charge is -2.14. The SMILES string of the molecule is CC[C@@H](N)C(=O)NC1CC(=O)N(C)C1=O. The van der Waals surface area contributed by atoms with E-state index in [0.717, 1.165) is 4.90 Å². The second kappa shape index (κ2) is 4.39. The second-order valence-corrected chi connectivity index (χ2v) is 3.57. The monoisotopic (exact) mass is 213 g/mol. The van der Waals surface area contributed by atoms with Crippen molar-refractivity contribution in [1.29, 1.82) is 0 Å². The van der Waals surface area contributed by atoms with E-state index in [4.69, 9.17) is 5.73 Å². The summed E-state index contributed by atoms with van der Waals surface area (Å²) in [4.78, 5) is 34.9. The van der Waals surface area contributed by atoms with Crippen molar-refractivity contribution >= 4 is 17.7 Å². The first-order valence-corrected chi connectivity index (χ1v) is 4.83. The highest BCUT2D eigenvalue weighted by atomic mass is 16.2. The normalized spacial score (nSPS) is 23.1. The third-order valence-electron chi connectivity index (χ3n) is 2.47. The Balaban J connectivity index is 2.57. The lowest BCUT2D eigenvalue weighted by atomic mass is 10.2. The number of nitrogens with zero attached hydrogens (tertiary/aromatic N) is 1. The number of nitrogens with two attached hydrogens (primary N) is 1. The van der Waals surface area contributed by atoms with Crippen molar-refractivity contribution in [2.75, 3.05) is 7.05 Å². The van der Waals surface area contributed by atoms with Crippen molar-refractivity contribution in [3.05, 3.63) is 0 Å². The minimum absolute atomic E-state index is 0.0253. The van der Waals surface area contributed by atoms with Gasteiger partial charge in [-0.2, -0.15) is 0 Å². The average molecular weight is 213 g/mol. The molecule has 1 aliphatic rings. The topological polar surface area (TPSA) is 92.5 Å². The van der Waals surface area contributed by atoms with E-state index in [9.17, 15) is 14.4 Å². The molecule has 0 aromatic carbocycles. The average Bonchev–Trinajstić information content (AvgIpc) is 2.45. The Morgan fingerprint density at radius 1 is 1.67 bits per heavy atom. The predicted octanol–water partition coefficient (Wildman–Crippen LogP) is -1.40. The first-order valence-electron chi connectivity index (χ1n) is 4.83. The lowest BCUT2D eigenvalue weighted by molar-refractivity contribution is -0.138. The van der Waals surface area contributed by atoms with Gasteiger partial charge in [0.05, 0.1) is 12.5 Å². The van der Waals surface area contributed by atoms with Crippen LogP contribution >= 0.6 is 0 Å². The molecule has 1 fully saturated rings. The van der Waals surface area contributed by atoms with Crippen LogP contribution in [-0.4, -0.2) is 41.8 Å². The zero-order chi connectivity index (χ0) is 11.6. The first-order chi connectivity index (χ1) is 6.97. The molecule has 84 valence electrons. The molecule has 0 aliphatic carbocycles. The molecule has 2 atom stereocenters. The number of hydrogen-bond acceptors (Lipinski definition) is 4. The summed E-state index contributed by atoms with van der Waals surface area (Å²) in [7, 11) is 1.40. The van der Waals surface area contributed by atoms with Gasteiger partial charge in [0.15, 0.2) is 0 Å². The minimum atomic E-state index is -0.743. The van der Waals surface area contributed by atoms with Crippen LogP contribution in [0.3, 0.4) is 0 Å². The van der Waals surface area contributed by atoms with E-state index in [-0.39, 0.29) is 24.1 Å². The molecule has 1 aliphatic heterocycles. The van der Waals surface area contributed by atoms with Crippen LogP contribution in [0.5, 0.6) is 0 Å². The number of likely N-dealkylation sites (tertiary alicyclic amines) is 1. The van der Waals surface area contributed by atoms with Crippen LogP contribution < -0.4 is 11.1 Å². The number of carbonyl (C=O) groups is 3. The molecule has 3 amide bonds. The number of hydrogen-bond donors (Lipinski definition) is 2. The predicted molar refractivity (Wildman–Crippen MR) is 52.6 cm³/mol. The van der Waals surface area contributed by atoms with Crippen molar-refractivity contribution < 1.29 is 14.4 Å². The fourth-order valence-corrected chi connectivity index (χ4v) is 1.33. The van der Waals surface area contributed by atoms with Crippen LogP contribution in [0.1, 0.15) is 19.8 Å². The second-order valence-electron chi connectivity index (χ2n) is 3.57. The molecule has 0 bridgehead atoms. The van der Waals surface area contributed by atoms with Crippen LogP contribution in [0.15, 0.2) is 0 Å². The molecule has 6 heteroatoms. The van der Waals surface area contributed by atoms with Gasteiger partial charge in [-0.05, 0) is 6.42 Å². The summed E-state index contributed by atoms with van der Waals surface area (Å²) in [6.07, 6.45) is 0.522. The fraction of sp³-hybridized carbons (Fsp3) is 0.667. The molecule has 0 aromatic heterocycles. The van der Waals surface area contributed by atoms with E-state index < -0.39 is 12.1 Å². The summed E-state index contributed by atoms with van der Waals surface area (Å²) < 4.78 is 0. The van der Waals surface area contributed by atoms with Gasteiger partial charge in [0, 0.05) is 7.05 Å². The molecule has 0 aromatic rings. The summed E-state index contributed by atoms with van der Waals surface area (Å²) in [6, 6.07) is -1.37. The van der Waals surface area contributed by atoms with E-state index in [1.165, 1.54) is 7.05 Å². The van der Waals surface area contributed by atoms with Gasteiger partial charge in [0.25, 0.3) is 5.91 Å². The summed E-state index contributed by atoms with van der Waals surface area (Å²) in [5.41, 5.74) is 5.49. The van der Waals surface area contributed by atoms with E-state index in [0.29, 0.717) is 6.42 Å². The third-order valence-corrected chi connectivity index (χ3v) is 2.47. The molecule has 0 spiro atoms. The molecule has 1 saturated heterocycles. The Labute approximate surface area is 87.8 Å². The summed E-state index contributed by atoms with van der Waals surface area (Å²) in [5, 5.41) is 2.46. The maximum Gasteiger partial charge on any atom is 0.252 e. The molecule has 0 saturated carbocycles. The molecular formula is C9H15N3O3. The van der Waals surface area contributed by atoms with Crippen molar-refractivity contribution in [1.82, 2.24) is 10.2 Å². The van der Waals surface area contributed by atoms with Gasteiger partial charge >= 0.3 is 0 Å². The molecule has 1 rings (SSSR count). The number of nitrogens with one attached hydrogen (secondary N) is 1. The third kappa shape index (κ3) is 2.33. The van der Waals surface area contributed by atoms with Crippen LogP contribution in [0.25, 0.3) is 0 Å². The molecule has 15 heavy (non-hydrogen) atoms.